The minimum Gasteiger partial charge on any atom is -0.490 e. The SMILES string of the molecule is C=C(C=N)c1nc(Cl)c2ccsc2c1-c1ccc(F)cc1OCCOC. The van der Waals surface area contributed by atoms with Crippen LogP contribution in [0.15, 0.2) is 36.2 Å². The van der Waals surface area contributed by atoms with Crippen LogP contribution in [-0.4, -0.2) is 31.5 Å². The van der Waals surface area contributed by atoms with Crippen LogP contribution in [0.4, 0.5) is 4.39 Å². The summed E-state index contributed by atoms with van der Waals surface area (Å²) in [6.45, 7) is 4.55. The molecule has 0 bridgehead atoms. The number of ether oxygens (including phenoxy) is 2. The van der Waals surface area contributed by atoms with Gasteiger partial charge in [-0.1, -0.05) is 18.2 Å². The van der Waals surface area contributed by atoms with Crippen LogP contribution in [-0.2, 0) is 4.74 Å². The molecule has 2 aromatic heterocycles. The molecule has 0 unspecified atom stereocenters. The van der Waals surface area contributed by atoms with E-state index < -0.39 is 5.82 Å². The molecule has 1 aromatic carbocycles. The first-order chi connectivity index (χ1) is 12.6. The van der Waals surface area contributed by atoms with Gasteiger partial charge in [-0.25, -0.2) is 9.37 Å². The molecule has 7 heteroatoms. The number of hydrogen-bond acceptors (Lipinski definition) is 5. The number of rotatable bonds is 7. The predicted molar refractivity (Wildman–Crippen MR) is 105 cm³/mol. The maximum absolute atomic E-state index is 13.8. The molecule has 0 aliphatic rings. The van der Waals surface area contributed by atoms with Gasteiger partial charge in [-0.3, -0.25) is 0 Å². The Morgan fingerprint density at radius 2 is 2.19 bits per heavy atom. The summed E-state index contributed by atoms with van der Waals surface area (Å²) in [6.07, 6.45) is 1.12. The number of thiophene rings is 1. The van der Waals surface area contributed by atoms with Crippen LogP contribution < -0.4 is 4.74 Å². The Kier molecular flexibility index (Phi) is 5.66. The summed E-state index contributed by atoms with van der Waals surface area (Å²) >= 11 is 7.79. The number of nitrogens with one attached hydrogen (secondary N) is 1. The van der Waals surface area contributed by atoms with Gasteiger partial charge in [0.15, 0.2) is 0 Å². The minimum atomic E-state index is -0.405. The Morgan fingerprint density at radius 3 is 2.92 bits per heavy atom. The van der Waals surface area contributed by atoms with Crippen LogP contribution in [0.25, 0.3) is 26.8 Å². The molecule has 0 saturated heterocycles. The monoisotopic (exact) mass is 390 g/mol. The first kappa shape index (κ1) is 18.5. The summed E-state index contributed by atoms with van der Waals surface area (Å²) in [5, 5.41) is 10.6. The highest BCUT2D eigenvalue weighted by atomic mass is 35.5. The third kappa shape index (κ3) is 3.49. The van der Waals surface area contributed by atoms with Crippen molar-refractivity contribution in [2.75, 3.05) is 20.3 Å². The highest BCUT2D eigenvalue weighted by Gasteiger charge is 2.20. The lowest BCUT2D eigenvalue weighted by atomic mass is 9.98. The Bertz CT molecular complexity index is 987. The van der Waals surface area contributed by atoms with Crippen LogP contribution in [0.2, 0.25) is 5.15 Å². The summed E-state index contributed by atoms with van der Waals surface area (Å²) in [5.74, 6) is -0.0298. The fourth-order valence-corrected chi connectivity index (χ4v) is 3.85. The smallest absolute Gasteiger partial charge is 0.138 e. The molecule has 3 aromatic rings. The van der Waals surface area contributed by atoms with Gasteiger partial charge in [0.25, 0.3) is 0 Å². The predicted octanol–water partition coefficient (Wildman–Crippen LogP) is 5.44. The normalized spacial score (nSPS) is 10.9. The Labute approximate surface area is 159 Å². The van der Waals surface area contributed by atoms with Gasteiger partial charge >= 0.3 is 0 Å². The van der Waals surface area contributed by atoms with E-state index in [1.54, 1.807) is 13.2 Å². The van der Waals surface area contributed by atoms with Crippen molar-refractivity contribution in [1.82, 2.24) is 4.98 Å². The van der Waals surface area contributed by atoms with Crippen molar-refractivity contribution in [3.05, 3.63) is 52.9 Å². The maximum atomic E-state index is 13.8. The fourth-order valence-electron chi connectivity index (χ4n) is 2.59. The second-order valence-electron chi connectivity index (χ2n) is 5.44. The van der Waals surface area contributed by atoms with Gasteiger partial charge in [0.05, 0.1) is 12.3 Å². The molecule has 0 aliphatic carbocycles. The number of hydrogen-bond donors (Lipinski definition) is 1. The molecule has 26 heavy (non-hydrogen) atoms. The zero-order valence-electron chi connectivity index (χ0n) is 14.0. The lowest BCUT2D eigenvalue weighted by molar-refractivity contribution is 0.146. The van der Waals surface area contributed by atoms with Crippen LogP contribution >= 0.6 is 22.9 Å². The van der Waals surface area contributed by atoms with Gasteiger partial charge < -0.3 is 14.9 Å². The van der Waals surface area contributed by atoms with E-state index in [-0.39, 0.29) is 6.61 Å². The summed E-state index contributed by atoms with van der Waals surface area (Å²) < 4.78 is 25.4. The van der Waals surface area contributed by atoms with E-state index in [1.807, 2.05) is 11.4 Å². The van der Waals surface area contributed by atoms with E-state index in [2.05, 4.69) is 11.6 Å². The van der Waals surface area contributed by atoms with Crippen LogP contribution in [0, 0.1) is 11.2 Å². The Balaban J connectivity index is 2.27. The minimum absolute atomic E-state index is 0.280. The van der Waals surface area contributed by atoms with Crippen molar-refractivity contribution in [2.45, 2.75) is 0 Å². The van der Waals surface area contributed by atoms with E-state index >= 15 is 0 Å². The van der Waals surface area contributed by atoms with Gasteiger partial charge in [0.1, 0.15) is 23.3 Å². The van der Waals surface area contributed by atoms with Crippen molar-refractivity contribution in [3.63, 3.8) is 0 Å². The molecular formula is C19H16ClFN2O2S. The number of allylic oxidation sites excluding steroid dienone is 1. The molecule has 134 valence electrons. The molecule has 0 spiro atoms. The molecule has 4 nitrogen and oxygen atoms in total. The molecule has 3 rings (SSSR count). The Hall–Kier alpha value is -2.28. The van der Waals surface area contributed by atoms with Crippen molar-refractivity contribution >= 4 is 44.8 Å². The first-order valence-electron chi connectivity index (χ1n) is 7.75. The third-order valence-corrected chi connectivity index (χ3v) is 5.02. The zero-order valence-corrected chi connectivity index (χ0v) is 15.6. The van der Waals surface area contributed by atoms with E-state index in [0.717, 1.165) is 21.9 Å². The first-order valence-corrected chi connectivity index (χ1v) is 9.00. The van der Waals surface area contributed by atoms with Crippen LogP contribution in [0.3, 0.4) is 0 Å². The number of halogens is 2. The molecule has 0 amide bonds. The van der Waals surface area contributed by atoms with Crippen molar-refractivity contribution in [2.24, 2.45) is 0 Å². The van der Waals surface area contributed by atoms with Gasteiger partial charge in [0, 0.05) is 46.2 Å². The molecule has 1 N–H and O–H groups in total. The average Bonchev–Trinajstić information content (AvgIpc) is 3.12. The van der Waals surface area contributed by atoms with Crippen molar-refractivity contribution in [3.8, 4) is 16.9 Å². The highest BCUT2D eigenvalue weighted by Crippen LogP contribution is 2.43. The average molecular weight is 391 g/mol. The highest BCUT2D eigenvalue weighted by molar-refractivity contribution is 7.18. The fraction of sp³-hybridized carbons (Fsp3) is 0.158. The summed E-state index contributed by atoms with van der Waals surface area (Å²) in [7, 11) is 1.57. The van der Waals surface area contributed by atoms with Crippen LogP contribution in [0.1, 0.15) is 5.69 Å². The molecule has 0 saturated carbocycles. The second-order valence-corrected chi connectivity index (χ2v) is 6.72. The molecule has 0 atom stereocenters. The molecule has 0 aliphatic heterocycles. The van der Waals surface area contributed by atoms with E-state index in [0.29, 0.717) is 34.3 Å². The Morgan fingerprint density at radius 1 is 1.38 bits per heavy atom. The number of pyridine rings is 1. The molecule has 0 fully saturated rings. The van der Waals surface area contributed by atoms with Gasteiger partial charge in [-0.05, 0) is 23.6 Å². The topological polar surface area (TPSA) is 55.2 Å². The largest absolute Gasteiger partial charge is 0.490 e. The van der Waals surface area contributed by atoms with Crippen LogP contribution in [0.5, 0.6) is 5.75 Å². The maximum Gasteiger partial charge on any atom is 0.138 e. The lowest BCUT2D eigenvalue weighted by Crippen LogP contribution is -2.06. The standard InChI is InChI=1S/C19H16ClFN2O2S/c1-11(10-22)17-16(18-14(5-8-26-18)19(20)23-17)13-4-3-12(21)9-15(13)25-7-6-24-2/h3-5,8-10,22H,1,6-7H2,2H3. The summed E-state index contributed by atoms with van der Waals surface area (Å²) in [5.41, 5.74) is 2.27. The summed E-state index contributed by atoms with van der Waals surface area (Å²) in [4.78, 5) is 4.43. The molecular weight excluding hydrogens is 375 g/mol. The second kappa shape index (κ2) is 7.95. The number of nitrogens with zero attached hydrogens (tertiary/aromatic N) is 1. The quantitative estimate of drug-likeness (QED) is 0.332. The summed E-state index contributed by atoms with van der Waals surface area (Å²) in [6, 6.07) is 6.21. The third-order valence-electron chi connectivity index (χ3n) is 3.80. The van der Waals surface area contributed by atoms with Gasteiger partial charge in [0.2, 0.25) is 0 Å². The van der Waals surface area contributed by atoms with Crippen molar-refractivity contribution in [1.29, 1.82) is 5.41 Å². The van der Waals surface area contributed by atoms with Gasteiger partial charge in [-0.2, -0.15) is 0 Å². The number of benzene rings is 1. The zero-order chi connectivity index (χ0) is 18.7. The number of aromatic nitrogens is 1. The van der Waals surface area contributed by atoms with E-state index in [9.17, 15) is 4.39 Å². The molecule has 2 heterocycles. The van der Waals surface area contributed by atoms with E-state index in [4.69, 9.17) is 26.5 Å². The molecule has 0 radical (unpaired) electrons. The van der Waals surface area contributed by atoms with Crippen molar-refractivity contribution < 1.29 is 13.9 Å². The lowest BCUT2D eigenvalue weighted by Gasteiger charge is -2.16. The number of methoxy groups -OCH3 is 1. The van der Waals surface area contributed by atoms with Gasteiger partial charge in [-0.15, -0.1) is 11.3 Å². The number of fused-ring (bicyclic) bond motifs is 1. The van der Waals surface area contributed by atoms with E-state index in [1.165, 1.54) is 23.5 Å².